The minimum Gasteiger partial charge on any atom is -0.495 e. The van der Waals surface area contributed by atoms with E-state index in [0.717, 1.165) is 6.42 Å². The maximum atomic E-state index is 12.1. The van der Waals surface area contributed by atoms with Crippen LogP contribution in [0.2, 0.25) is 0 Å². The lowest BCUT2D eigenvalue weighted by molar-refractivity contribution is 0.0912. The molecule has 128 valence electrons. The number of ether oxygens (including phenoxy) is 1. The summed E-state index contributed by atoms with van der Waals surface area (Å²) in [5.41, 5.74) is 0.920. The van der Waals surface area contributed by atoms with Gasteiger partial charge in [-0.15, -0.1) is 0 Å². The molecular formula is C18H29N3O2. The number of hydrogen-bond donors (Lipinski definition) is 2. The lowest BCUT2D eigenvalue weighted by Gasteiger charge is -2.43. The van der Waals surface area contributed by atoms with E-state index in [-0.39, 0.29) is 11.6 Å². The second-order valence-electron chi connectivity index (χ2n) is 6.51. The van der Waals surface area contributed by atoms with E-state index in [1.54, 1.807) is 7.11 Å². The van der Waals surface area contributed by atoms with Gasteiger partial charge >= 0.3 is 6.03 Å². The molecule has 23 heavy (non-hydrogen) atoms. The Bertz CT molecular complexity index is 511. The molecule has 1 aromatic carbocycles. The highest BCUT2D eigenvalue weighted by atomic mass is 16.5. The van der Waals surface area contributed by atoms with Crippen molar-refractivity contribution >= 4 is 11.7 Å². The Morgan fingerprint density at radius 3 is 2.57 bits per heavy atom. The van der Waals surface area contributed by atoms with Crippen molar-refractivity contribution in [1.82, 2.24) is 10.2 Å². The zero-order valence-electron chi connectivity index (χ0n) is 14.5. The lowest BCUT2D eigenvalue weighted by atomic mass is 9.78. The van der Waals surface area contributed by atoms with Crippen LogP contribution in [0.5, 0.6) is 5.75 Å². The van der Waals surface area contributed by atoms with Gasteiger partial charge in [-0.25, -0.2) is 4.79 Å². The number of amides is 2. The SMILES string of the molecule is COc1ccccc1NC(=O)NCCC1(N(C)C)CCCCC1. The van der Waals surface area contributed by atoms with Gasteiger partial charge in [0.1, 0.15) is 5.75 Å². The van der Waals surface area contributed by atoms with E-state index in [2.05, 4.69) is 29.6 Å². The summed E-state index contributed by atoms with van der Waals surface area (Å²) in [6.07, 6.45) is 7.32. The Kier molecular flexibility index (Phi) is 6.28. The molecule has 0 aliphatic heterocycles. The average molecular weight is 319 g/mol. The summed E-state index contributed by atoms with van der Waals surface area (Å²) in [6, 6.07) is 7.24. The fourth-order valence-electron chi connectivity index (χ4n) is 3.45. The van der Waals surface area contributed by atoms with Crippen molar-refractivity contribution in [2.45, 2.75) is 44.1 Å². The van der Waals surface area contributed by atoms with E-state index in [4.69, 9.17) is 4.74 Å². The van der Waals surface area contributed by atoms with Gasteiger partial charge in [-0.05, 0) is 45.5 Å². The fourth-order valence-corrected chi connectivity index (χ4v) is 3.45. The number of hydrogen-bond acceptors (Lipinski definition) is 3. The normalized spacial score (nSPS) is 16.9. The van der Waals surface area contributed by atoms with Gasteiger partial charge in [0.05, 0.1) is 12.8 Å². The molecule has 5 nitrogen and oxygen atoms in total. The predicted octanol–water partition coefficient (Wildman–Crippen LogP) is 3.47. The van der Waals surface area contributed by atoms with Crippen molar-refractivity contribution in [3.05, 3.63) is 24.3 Å². The highest BCUT2D eigenvalue weighted by Crippen LogP contribution is 2.34. The number of methoxy groups -OCH3 is 1. The number of para-hydroxylation sites is 2. The van der Waals surface area contributed by atoms with Crippen LogP contribution in [0.25, 0.3) is 0 Å². The molecule has 2 N–H and O–H groups in total. The summed E-state index contributed by atoms with van der Waals surface area (Å²) in [5.74, 6) is 0.666. The van der Waals surface area contributed by atoms with Crippen molar-refractivity contribution in [3.8, 4) is 5.75 Å². The van der Waals surface area contributed by atoms with Crippen molar-refractivity contribution in [2.75, 3.05) is 33.1 Å². The first-order chi connectivity index (χ1) is 11.1. The highest BCUT2D eigenvalue weighted by molar-refractivity contribution is 5.90. The third-order valence-electron chi connectivity index (χ3n) is 4.96. The third kappa shape index (κ3) is 4.61. The number of anilines is 1. The second-order valence-corrected chi connectivity index (χ2v) is 6.51. The van der Waals surface area contributed by atoms with E-state index < -0.39 is 0 Å². The van der Waals surface area contributed by atoms with Crippen LogP contribution in [0.15, 0.2) is 24.3 Å². The van der Waals surface area contributed by atoms with Crippen LogP contribution in [0.1, 0.15) is 38.5 Å². The molecule has 0 saturated heterocycles. The van der Waals surface area contributed by atoms with Crippen molar-refractivity contribution < 1.29 is 9.53 Å². The molecule has 0 heterocycles. The van der Waals surface area contributed by atoms with Crippen LogP contribution < -0.4 is 15.4 Å². The van der Waals surface area contributed by atoms with Gasteiger partial charge in [0.2, 0.25) is 0 Å². The highest BCUT2D eigenvalue weighted by Gasteiger charge is 2.33. The largest absolute Gasteiger partial charge is 0.495 e. The van der Waals surface area contributed by atoms with Gasteiger partial charge in [-0.1, -0.05) is 31.4 Å². The second kappa shape index (κ2) is 8.20. The maximum absolute atomic E-state index is 12.1. The topological polar surface area (TPSA) is 53.6 Å². The van der Waals surface area contributed by atoms with E-state index in [1.807, 2.05) is 24.3 Å². The van der Waals surface area contributed by atoms with E-state index in [1.165, 1.54) is 32.1 Å². The average Bonchev–Trinajstić information content (AvgIpc) is 2.56. The summed E-state index contributed by atoms with van der Waals surface area (Å²) in [4.78, 5) is 14.4. The molecule has 0 radical (unpaired) electrons. The number of nitrogens with zero attached hydrogens (tertiary/aromatic N) is 1. The molecule has 0 atom stereocenters. The Balaban J connectivity index is 1.84. The Hall–Kier alpha value is -1.75. The Morgan fingerprint density at radius 1 is 1.22 bits per heavy atom. The summed E-state index contributed by atoms with van der Waals surface area (Å²) in [6.45, 7) is 0.680. The molecule has 1 aliphatic carbocycles. The number of urea groups is 1. The fraction of sp³-hybridized carbons (Fsp3) is 0.611. The standard InChI is InChI=1S/C18H29N3O2/c1-21(2)18(11-7-4-8-12-18)13-14-19-17(22)20-15-9-5-6-10-16(15)23-3/h5-6,9-10H,4,7-8,11-14H2,1-3H3,(H2,19,20,22). The molecule has 1 aromatic rings. The Morgan fingerprint density at radius 2 is 1.91 bits per heavy atom. The molecule has 0 bridgehead atoms. The van der Waals surface area contributed by atoms with Gasteiger partial charge in [-0.3, -0.25) is 0 Å². The first-order valence-electron chi connectivity index (χ1n) is 8.43. The van der Waals surface area contributed by atoms with Crippen LogP contribution >= 0.6 is 0 Å². The number of benzene rings is 1. The van der Waals surface area contributed by atoms with Crippen molar-refractivity contribution in [1.29, 1.82) is 0 Å². The minimum absolute atomic E-state index is 0.181. The van der Waals surface area contributed by atoms with E-state index >= 15 is 0 Å². The molecule has 0 unspecified atom stereocenters. The summed E-state index contributed by atoms with van der Waals surface area (Å²) in [5, 5.41) is 5.83. The van der Waals surface area contributed by atoms with Crippen LogP contribution in [0.3, 0.4) is 0 Å². The molecular weight excluding hydrogens is 290 g/mol. The first kappa shape index (κ1) is 17.6. The first-order valence-corrected chi connectivity index (χ1v) is 8.43. The molecule has 2 rings (SSSR count). The third-order valence-corrected chi connectivity index (χ3v) is 4.96. The predicted molar refractivity (Wildman–Crippen MR) is 94.1 cm³/mol. The minimum atomic E-state index is -0.181. The van der Waals surface area contributed by atoms with Gasteiger partial charge in [-0.2, -0.15) is 0 Å². The molecule has 5 heteroatoms. The maximum Gasteiger partial charge on any atom is 0.319 e. The number of carbonyl (C=O) groups is 1. The molecule has 1 saturated carbocycles. The molecule has 1 fully saturated rings. The number of carbonyl (C=O) groups excluding carboxylic acids is 1. The van der Waals surface area contributed by atoms with Crippen molar-refractivity contribution in [2.24, 2.45) is 0 Å². The van der Waals surface area contributed by atoms with Gasteiger partial charge < -0.3 is 20.3 Å². The molecule has 0 spiro atoms. The summed E-state index contributed by atoms with van der Waals surface area (Å²) >= 11 is 0. The van der Waals surface area contributed by atoms with Gasteiger partial charge in [0, 0.05) is 12.1 Å². The van der Waals surface area contributed by atoms with Crippen LogP contribution in [0, 0.1) is 0 Å². The van der Waals surface area contributed by atoms with Crippen LogP contribution in [0.4, 0.5) is 10.5 Å². The monoisotopic (exact) mass is 319 g/mol. The van der Waals surface area contributed by atoms with E-state index in [0.29, 0.717) is 18.0 Å². The smallest absolute Gasteiger partial charge is 0.319 e. The summed E-state index contributed by atoms with van der Waals surface area (Å²) < 4.78 is 5.24. The molecule has 0 aromatic heterocycles. The van der Waals surface area contributed by atoms with Crippen LogP contribution in [-0.4, -0.2) is 44.2 Å². The van der Waals surface area contributed by atoms with Gasteiger partial charge in [0.25, 0.3) is 0 Å². The van der Waals surface area contributed by atoms with Gasteiger partial charge in [0.15, 0.2) is 0 Å². The quantitative estimate of drug-likeness (QED) is 0.844. The lowest BCUT2D eigenvalue weighted by Crippen LogP contribution is -2.48. The zero-order chi connectivity index (χ0) is 16.7. The van der Waals surface area contributed by atoms with Crippen LogP contribution in [-0.2, 0) is 0 Å². The molecule has 1 aliphatic rings. The number of rotatable bonds is 6. The Labute approximate surface area is 139 Å². The zero-order valence-corrected chi connectivity index (χ0v) is 14.5. The number of nitrogens with one attached hydrogen (secondary N) is 2. The molecule has 2 amide bonds. The van der Waals surface area contributed by atoms with E-state index in [9.17, 15) is 4.79 Å². The van der Waals surface area contributed by atoms with Crippen molar-refractivity contribution in [3.63, 3.8) is 0 Å². The summed E-state index contributed by atoms with van der Waals surface area (Å²) in [7, 11) is 5.91.